The van der Waals surface area contributed by atoms with E-state index in [1.165, 1.54) is 99.5 Å². The van der Waals surface area contributed by atoms with Crippen LogP contribution >= 0.6 is 7.92 Å². The highest BCUT2D eigenvalue weighted by Crippen LogP contribution is 2.79. The quantitative estimate of drug-likeness (QED) is 0.208. The summed E-state index contributed by atoms with van der Waals surface area (Å²) in [5, 5.41) is 2.56. The highest BCUT2D eigenvalue weighted by molar-refractivity contribution is 7.69. The number of hydrogen-bond donors (Lipinski definition) is 0. The molecule has 2 aromatic carbocycles. The molecule has 8 fully saturated rings. The topological polar surface area (TPSA) is 18.5 Å². The van der Waals surface area contributed by atoms with Crippen LogP contribution in [0.25, 0.3) is 11.1 Å². The van der Waals surface area contributed by atoms with Gasteiger partial charge in [-0.2, -0.15) is 0 Å². The van der Waals surface area contributed by atoms with Crippen molar-refractivity contribution in [1.82, 2.24) is 0 Å². The highest BCUT2D eigenvalue weighted by Gasteiger charge is 2.64. The van der Waals surface area contributed by atoms with Gasteiger partial charge < -0.3 is 9.47 Å². The highest BCUT2D eigenvalue weighted by atomic mass is 31.1. The van der Waals surface area contributed by atoms with Crippen LogP contribution in [0.5, 0.6) is 11.5 Å². The third-order valence-corrected chi connectivity index (χ3v) is 18.1. The first kappa shape index (κ1) is 34.6. The van der Waals surface area contributed by atoms with Crippen molar-refractivity contribution < 1.29 is 9.47 Å². The number of benzene rings is 2. The van der Waals surface area contributed by atoms with Crippen LogP contribution in [-0.4, -0.2) is 24.5 Å². The third-order valence-electron chi connectivity index (χ3n) is 14.2. The van der Waals surface area contributed by atoms with Gasteiger partial charge in [0.2, 0.25) is 0 Å². The molecule has 0 heterocycles. The van der Waals surface area contributed by atoms with E-state index in [-0.39, 0.29) is 0 Å². The average Bonchev–Trinajstić information content (AvgIpc) is 2.99. The maximum atomic E-state index is 6.69. The van der Waals surface area contributed by atoms with Crippen LogP contribution in [0.4, 0.5) is 0 Å². The van der Waals surface area contributed by atoms with E-state index in [9.17, 15) is 0 Å². The molecule has 2 nitrogen and oxygen atoms in total. The zero-order chi connectivity index (χ0) is 34.2. The lowest BCUT2D eigenvalue weighted by molar-refractivity contribution is 0.0195. The summed E-state index contributed by atoms with van der Waals surface area (Å²) in [6, 6.07) is 9.87. The Morgan fingerprint density at radius 1 is 0.551 bits per heavy atom. The Kier molecular flexibility index (Phi) is 9.27. The van der Waals surface area contributed by atoms with Gasteiger partial charge in [0.1, 0.15) is 11.5 Å². The van der Waals surface area contributed by atoms with Crippen LogP contribution in [0.3, 0.4) is 0 Å². The second-order valence-corrected chi connectivity index (χ2v) is 22.9. The summed E-state index contributed by atoms with van der Waals surface area (Å²) in [5.74, 6) is 9.83. The Morgan fingerprint density at radius 3 is 1.27 bits per heavy atom. The molecule has 0 atom stereocenters. The van der Waals surface area contributed by atoms with Crippen LogP contribution in [0.15, 0.2) is 24.3 Å². The lowest BCUT2D eigenvalue weighted by Gasteiger charge is -2.67. The summed E-state index contributed by atoms with van der Waals surface area (Å²) >= 11 is 0. The van der Waals surface area contributed by atoms with Gasteiger partial charge in [-0.3, -0.25) is 0 Å². The molecule has 268 valence electrons. The Hall–Kier alpha value is -1.53. The zero-order valence-electron chi connectivity index (χ0n) is 32.4. The van der Waals surface area contributed by atoms with E-state index in [1.54, 1.807) is 16.4 Å². The van der Waals surface area contributed by atoms with Gasteiger partial charge in [-0.25, -0.2) is 0 Å². The van der Waals surface area contributed by atoms with Crippen molar-refractivity contribution in [3.8, 4) is 22.6 Å². The fourth-order valence-corrected chi connectivity index (χ4v) is 19.4. The van der Waals surface area contributed by atoms with Crippen molar-refractivity contribution in [3.63, 3.8) is 0 Å². The molecule has 3 heteroatoms. The van der Waals surface area contributed by atoms with E-state index in [0.717, 1.165) is 60.5 Å². The molecule has 0 spiro atoms. The minimum atomic E-state index is -0.489. The van der Waals surface area contributed by atoms with Crippen LogP contribution in [0.1, 0.15) is 135 Å². The Morgan fingerprint density at radius 2 is 0.918 bits per heavy atom. The van der Waals surface area contributed by atoms with Crippen molar-refractivity contribution in [1.29, 1.82) is 0 Å². The zero-order valence-corrected chi connectivity index (χ0v) is 33.3. The summed E-state index contributed by atoms with van der Waals surface area (Å²) in [6.45, 7) is 14.4. The number of hydrogen-bond acceptors (Lipinski definition) is 2. The molecule has 0 aliphatic heterocycles. The molecule has 10 rings (SSSR count). The molecule has 0 aromatic heterocycles. The van der Waals surface area contributed by atoms with E-state index in [0.29, 0.717) is 28.1 Å². The maximum absolute atomic E-state index is 6.69. The molecule has 0 saturated heterocycles. The van der Waals surface area contributed by atoms with E-state index >= 15 is 0 Å². The molecule has 0 radical (unpaired) electrons. The number of ether oxygens (including phenoxy) is 2. The molecule has 8 saturated carbocycles. The van der Waals surface area contributed by atoms with Gasteiger partial charge in [-0.15, -0.1) is 0 Å². The van der Waals surface area contributed by atoms with Gasteiger partial charge in [0.05, 0.1) is 14.2 Å². The Balaban J connectivity index is 1.43. The number of rotatable bonds is 12. The SMILES string of the molecule is COc1ccc(OC)c(P(C23CC4CC(CC(C4)C2)C3)C23CC4CC(CC(C4)C2)C3)c1-c1c(CC(C)C)cc(CC(C)C)cc1CC(C)C. The van der Waals surface area contributed by atoms with E-state index in [1.807, 2.05) is 14.2 Å². The van der Waals surface area contributed by atoms with Gasteiger partial charge in [-0.05, 0) is 194 Å². The van der Waals surface area contributed by atoms with Gasteiger partial charge in [0.25, 0.3) is 0 Å². The predicted molar refractivity (Wildman–Crippen MR) is 209 cm³/mol. The van der Waals surface area contributed by atoms with E-state index < -0.39 is 7.92 Å². The predicted octanol–water partition coefficient (Wildman–Crippen LogP) is 12.0. The molecule has 8 aliphatic rings. The lowest BCUT2D eigenvalue weighted by Crippen LogP contribution is -2.58. The smallest absolute Gasteiger partial charge is 0.127 e. The van der Waals surface area contributed by atoms with Crippen LogP contribution < -0.4 is 14.8 Å². The lowest BCUT2D eigenvalue weighted by atomic mass is 9.55. The summed E-state index contributed by atoms with van der Waals surface area (Å²) in [7, 11) is 3.44. The first-order valence-electron chi connectivity index (χ1n) is 20.7. The third kappa shape index (κ3) is 6.23. The normalized spacial score (nSPS) is 34.8. The summed E-state index contributed by atoms with van der Waals surface area (Å²) < 4.78 is 13.3. The largest absolute Gasteiger partial charge is 0.496 e. The van der Waals surface area contributed by atoms with Crippen molar-refractivity contribution in [2.75, 3.05) is 14.2 Å². The number of methoxy groups -OCH3 is 2. The van der Waals surface area contributed by atoms with Crippen molar-refractivity contribution in [2.45, 2.75) is 148 Å². The molecule has 49 heavy (non-hydrogen) atoms. The molecule has 0 unspecified atom stereocenters. The monoisotopic (exact) mass is 682 g/mol. The van der Waals surface area contributed by atoms with Gasteiger partial charge in [0, 0.05) is 10.9 Å². The first-order chi connectivity index (χ1) is 23.5. The molecule has 8 aliphatic carbocycles. The fraction of sp³-hybridized carbons (Fsp3) is 0.739. The van der Waals surface area contributed by atoms with Crippen molar-refractivity contribution in [2.24, 2.45) is 53.3 Å². The van der Waals surface area contributed by atoms with Gasteiger partial charge >= 0.3 is 0 Å². The van der Waals surface area contributed by atoms with Crippen molar-refractivity contribution in [3.05, 3.63) is 41.0 Å². The van der Waals surface area contributed by atoms with Gasteiger partial charge in [0.15, 0.2) is 0 Å². The standard InChI is InChI=1S/C46H67O2P/c1-28(2)11-31-20-38(12-29(3)4)42(39(21-31)13-30(5)6)43-40(47-7)9-10-41(48-8)44(43)49(45-22-32-14-33(23-45)16-34(15-32)24-45)46-25-35-17-36(26-46)19-37(18-35)27-46/h9-10,20-21,28-30,32-37H,11-19,22-27H2,1-8H3. The maximum Gasteiger partial charge on any atom is 0.127 e. The summed E-state index contributed by atoms with van der Waals surface area (Å²) in [6.07, 6.45) is 21.3. The minimum Gasteiger partial charge on any atom is -0.496 e. The van der Waals surface area contributed by atoms with Gasteiger partial charge in [-0.1, -0.05) is 61.6 Å². The molecule has 0 N–H and O–H groups in total. The first-order valence-corrected chi connectivity index (χ1v) is 22.0. The summed E-state index contributed by atoms with van der Waals surface area (Å²) in [4.78, 5) is 0. The molecular weight excluding hydrogens is 615 g/mol. The second kappa shape index (κ2) is 13.2. The fourth-order valence-electron chi connectivity index (χ4n) is 14.0. The summed E-state index contributed by atoms with van der Waals surface area (Å²) in [5.41, 5.74) is 7.63. The Labute approximate surface area is 301 Å². The van der Waals surface area contributed by atoms with E-state index in [4.69, 9.17) is 9.47 Å². The molecular formula is C46H67O2P. The van der Waals surface area contributed by atoms with Crippen LogP contribution in [0.2, 0.25) is 0 Å². The van der Waals surface area contributed by atoms with Crippen LogP contribution in [-0.2, 0) is 19.3 Å². The molecule has 0 amide bonds. The Bertz CT molecular complexity index is 1390. The second-order valence-electron chi connectivity index (χ2n) is 19.9. The minimum absolute atomic E-state index is 0.457. The molecule has 8 bridgehead atoms. The average molecular weight is 683 g/mol. The van der Waals surface area contributed by atoms with E-state index in [2.05, 4.69) is 65.8 Å². The van der Waals surface area contributed by atoms with Crippen molar-refractivity contribution >= 4 is 13.2 Å². The molecule has 2 aromatic rings. The van der Waals surface area contributed by atoms with Crippen LogP contribution in [0, 0.1) is 53.3 Å².